The second-order valence-corrected chi connectivity index (χ2v) is 4.97. The van der Waals surface area contributed by atoms with Crippen LogP contribution in [0.5, 0.6) is 5.75 Å². The molecule has 5 heteroatoms. The first-order valence-corrected chi connectivity index (χ1v) is 6.35. The van der Waals surface area contributed by atoms with Gasteiger partial charge < -0.3 is 15.2 Å². The van der Waals surface area contributed by atoms with Gasteiger partial charge in [0.15, 0.2) is 0 Å². The van der Waals surface area contributed by atoms with Crippen molar-refractivity contribution in [3.8, 4) is 5.75 Å². The number of aliphatic hydroxyl groups excluding tert-OH is 1. The Morgan fingerprint density at radius 2 is 2.22 bits per heavy atom. The lowest BCUT2D eigenvalue weighted by molar-refractivity contribution is 0.107. The molecule has 3 nitrogen and oxygen atoms in total. The summed E-state index contributed by atoms with van der Waals surface area (Å²) in [4.78, 5) is 0. The Balaban J connectivity index is 2.33. The number of rotatable bonds is 7. The van der Waals surface area contributed by atoms with E-state index in [-0.39, 0.29) is 6.61 Å². The van der Waals surface area contributed by atoms with Gasteiger partial charge >= 0.3 is 0 Å². The van der Waals surface area contributed by atoms with E-state index in [2.05, 4.69) is 11.9 Å². The van der Waals surface area contributed by atoms with E-state index in [4.69, 9.17) is 27.9 Å². The van der Waals surface area contributed by atoms with Gasteiger partial charge in [0.05, 0.1) is 5.02 Å². The maximum absolute atomic E-state index is 9.68. The van der Waals surface area contributed by atoms with E-state index in [1.165, 1.54) is 0 Å². The lowest BCUT2D eigenvalue weighted by Crippen LogP contribution is -2.32. The summed E-state index contributed by atoms with van der Waals surface area (Å²) in [6.07, 6.45) is -0.601. The maximum Gasteiger partial charge on any atom is 0.138 e. The lowest BCUT2D eigenvalue weighted by Gasteiger charge is -2.14. The first-order chi connectivity index (χ1) is 8.49. The molecule has 0 aromatic heterocycles. The number of hydrogen-bond acceptors (Lipinski definition) is 3. The Bertz CT molecular complexity index is 410. The second-order valence-electron chi connectivity index (χ2n) is 4.13. The van der Waals surface area contributed by atoms with Crippen LogP contribution in [0.4, 0.5) is 0 Å². The molecule has 18 heavy (non-hydrogen) atoms. The van der Waals surface area contributed by atoms with E-state index >= 15 is 0 Å². The third-order valence-electron chi connectivity index (χ3n) is 2.13. The molecule has 0 fully saturated rings. The van der Waals surface area contributed by atoms with Gasteiger partial charge in [-0.1, -0.05) is 35.4 Å². The van der Waals surface area contributed by atoms with Gasteiger partial charge in [0.2, 0.25) is 0 Å². The number of nitrogens with one attached hydrogen (secondary N) is 1. The van der Waals surface area contributed by atoms with Crippen LogP contribution in [0.15, 0.2) is 30.4 Å². The molecule has 1 unspecified atom stereocenters. The highest BCUT2D eigenvalue weighted by molar-refractivity contribution is 6.35. The quantitative estimate of drug-likeness (QED) is 0.759. The second kappa shape index (κ2) is 7.64. The van der Waals surface area contributed by atoms with Crippen molar-refractivity contribution in [1.82, 2.24) is 5.32 Å². The molecular weight excluding hydrogens is 273 g/mol. The van der Waals surface area contributed by atoms with E-state index in [0.29, 0.717) is 28.9 Å². The van der Waals surface area contributed by atoms with Crippen molar-refractivity contribution < 1.29 is 9.84 Å². The number of benzene rings is 1. The van der Waals surface area contributed by atoms with Crippen LogP contribution in [-0.2, 0) is 0 Å². The summed E-state index contributed by atoms with van der Waals surface area (Å²) in [6, 6.07) is 4.97. The Morgan fingerprint density at radius 3 is 2.83 bits per heavy atom. The lowest BCUT2D eigenvalue weighted by atomic mass is 10.3. The Morgan fingerprint density at radius 1 is 1.50 bits per heavy atom. The SMILES string of the molecule is C=C(C)CNCC(O)COc1ccc(Cl)cc1Cl. The van der Waals surface area contributed by atoms with Gasteiger partial charge in [-0.2, -0.15) is 0 Å². The molecule has 0 aliphatic heterocycles. The first kappa shape index (κ1) is 15.3. The third-order valence-corrected chi connectivity index (χ3v) is 2.66. The number of aliphatic hydroxyl groups is 1. The molecule has 0 aliphatic carbocycles. The van der Waals surface area contributed by atoms with Crippen molar-refractivity contribution in [1.29, 1.82) is 0 Å². The normalized spacial score (nSPS) is 12.2. The van der Waals surface area contributed by atoms with Crippen LogP contribution >= 0.6 is 23.2 Å². The predicted octanol–water partition coefficient (Wildman–Crippen LogP) is 2.90. The summed E-state index contributed by atoms with van der Waals surface area (Å²) >= 11 is 11.7. The maximum atomic E-state index is 9.68. The van der Waals surface area contributed by atoms with E-state index < -0.39 is 6.10 Å². The van der Waals surface area contributed by atoms with Gasteiger partial charge in [-0.05, 0) is 25.1 Å². The molecule has 0 bridgehead atoms. The zero-order valence-electron chi connectivity index (χ0n) is 10.2. The van der Waals surface area contributed by atoms with Crippen LogP contribution < -0.4 is 10.1 Å². The van der Waals surface area contributed by atoms with E-state index in [9.17, 15) is 5.11 Å². The highest BCUT2D eigenvalue weighted by atomic mass is 35.5. The minimum atomic E-state index is -0.601. The summed E-state index contributed by atoms with van der Waals surface area (Å²) in [5.41, 5.74) is 1.02. The average molecular weight is 290 g/mol. The Hall–Kier alpha value is -0.740. The van der Waals surface area contributed by atoms with Crippen molar-refractivity contribution >= 4 is 23.2 Å². The van der Waals surface area contributed by atoms with Crippen LogP contribution in [0.3, 0.4) is 0 Å². The van der Waals surface area contributed by atoms with Gasteiger partial charge in [0.25, 0.3) is 0 Å². The molecule has 0 radical (unpaired) electrons. The number of hydrogen-bond donors (Lipinski definition) is 2. The molecule has 0 amide bonds. The van der Waals surface area contributed by atoms with Crippen molar-refractivity contribution in [3.63, 3.8) is 0 Å². The zero-order valence-corrected chi connectivity index (χ0v) is 11.8. The molecule has 1 rings (SSSR count). The van der Waals surface area contributed by atoms with Gasteiger partial charge in [-0.25, -0.2) is 0 Å². The molecule has 0 saturated heterocycles. The molecule has 1 aromatic carbocycles. The third kappa shape index (κ3) is 5.74. The largest absolute Gasteiger partial charge is 0.489 e. The van der Waals surface area contributed by atoms with Crippen molar-refractivity contribution in [2.45, 2.75) is 13.0 Å². The van der Waals surface area contributed by atoms with Crippen molar-refractivity contribution in [2.75, 3.05) is 19.7 Å². The summed E-state index contributed by atoms with van der Waals surface area (Å²) in [7, 11) is 0. The van der Waals surface area contributed by atoms with Gasteiger partial charge in [0.1, 0.15) is 18.5 Å². The topological polar surface area (TPSA) is 41.5 Å². The van der Waals surface area contributed by atoms with Gasteiger partial charge in [-0.3, -0.25) is 0 Å². The smallest absolute Gasteiger partial charge is 0.138 e. The van der Waals surface area contributed by atoms with Crippen LogP contribution in [0.25, 0.3) is 0 Å². The summed E-state index contributed by atoms with van der Waals surface area (Å²) in [5, 5.41) is 13.7. The molecule has 0 spiro atoms. The Kier molecular flexibility index (Phi) is 6.50. The molecule has 2 N–H and O–H groups in total. The monoisotopic (exact) mass is 289 g/mol. The minimum absolute atomic E-state index is 0.171. The van der Waals surface area contributed by atoms with Crippen molar-refractivity contribution in [2.24, 2.45) is 0 Å². The van der Waals surface area contributed by atoms with Crippen LogP contribution in [0, 0.1) is 0 Å². The molecular formula is C13H17Cl2NO2. The first-order valence-electron chi connectivity index (χ1n) is 5.60. The van der Waals surface area contributed by atoms with Crippen LogP contribution in [0.1, 0.15) is 6.92 Å². The highest BCUT2D eigenvalue weighted by Gasteiger charge is 2.07. The molecule has 1 atom stereocenters. The molecule has 100 valence electrons. The molecule has 1 aromatic rings. The standard InChI is InChI=1S/C13H17Cl2NO2/c1-9(2)6-16-7-11(17)8-18-13-4-3-10(14)5-12(13)15/h3-5,11,16-17H,1,6-8H2,2H3. The molecule has 0 heterocycles. The predicted molar refractivity (Wildman–Crippen MR) is 75.6 cm³/mol. The van der Waals surface area contributed by atoms with Crippen LogP contribution in [-0.4, -0.2) is 30.9 Å². The zero-order chi connectivity index (χ0) is 13.5. The number of halogens is 2. The fourth-order valence-electron chi connectivity index (χ4n) is 1.29. The fraction of sp³-hybridized carbons (Fsp3) is 0.385. The van der Waals surface area contributed by atoms with Gasteiger partial charge in [0, 0.05) is 18.1 Å². The fourth-order valence-corrected chi connectivity index (χ4v) is 1.75. The average Bonchev–Trinajstić information content (AvgIpc) is 2.27. The van der Waals surface area contributed by atoms with E-state index in [1.807, 2.05) is 6.92 Å². The minimum Gasteiger partial charge on any atom is -0.489 e. The Labute approximate surface area is 117 Å². The van der Waals surface area contributed by atoms with Crippen LogP contribution in [0.2, 0.25) is 10.0 Å². The summed E-state index contributed by atoms with van der Waals surface area (Å²) in [6.45, 7) is 6.97. The highest BCUT2D eigenvalue weighted by Crippen LogP contribution is 2.27. The molecule has 0 saturated carbocycles. The molecule has 0 aliphatic rings. The van der Waals surface area contributed by atoms with E-state index in [1.54, 1.807) is 18.2 Å². The summed E-state index contributed by atoms with van der Waals surface area (Å²) < 4.78 is 5.41. The van der Waals surface area contributed by atoms with Gasteiger partial charge in [-0.15, -0.1) is 0 Å². The van der Waals surface area contributed by atoms with Crippen molar-refractivity contribution in [3.05, 3.63) is 40.4 Å². The summed E-state index contributed by atoms with van der Waals surface area (Å²) in [5.74, 6) is 0.514. The number of ether oxygens (including phenoxy) is 1. The van der Waals surface area contributed by atoms with E-state index in [0.717, 1.165) is 5.57 Å².